The second kappa shape index (κ2) is 5.89. The van der Waals surface area contributed by atoms with Gasteiger partial charge in [0.15, 0.2) is 0 Å². The van der Waals surface area contributed by atoms with Crippen molar-refractivity contribution in [1.29, 1.82) is 0 Å². The highest BCUT2D eigenvalue weighted by Crippen LogP contribution is 2.33. The molecule has 1 atom stereocenters. The molecule has 1 unspecified atom stereocenters. The van der Waals surface area contributed by atoms with Gasteiger partial charge in [0.2, 0.25) is 11.8 Å². The molecule has 1 saturated carbocycles. The lowest BCUT2D eigenvalue weighted by molar-refractivity contribution is -0.144. The van der Waals surface area contributed by atoms with Crippen molar-refractivity contribution in [3.63, 3.8) is 0 Å². The molecule has 2 aliphatic rings. The van der Waals surface area contributed by atoms with Gasteiger partial charge in [0, 0.05) is 13.1 Å². The van der Waals surface area contributed by atoms with Crippen molar-refractivity contribution in [2.75, 3.05) is 13.1 Å². The number of nitrogens with zero attached hydrogens (tertiary/aromatic N) is 1. The molecular weight excluding hydrogens is 264 g/mol. The normalized spacial score (nSPS) is 23.9. The molecule has 110 valence electrons. The van der Waals surface area contributed by atoms with Crippen molar-refractivity contribution < 1.29 is 19.2 Å². The van der Waals surface area contributed by atoms with Crippen LogP contribution < -0.4 is 16.4 Å². The average Bonchev–Trinajstić information content (AvgIpc) is 2.86. The van der Waals surface area contributed by atoms with Gasteiger partial charge in [-0.1, -0.05) is 12.8 Å². The lowest BCUT2D eigenvalue weighted by atomic mass is 9.87. The number of hydrogen-bond acceptors (Lipinski definition) is 4. The highest BCUT2D eigenvalue weighted by molar-refractivity contribution is 6.16. The number of nitrogens with one attached hydrogen (secondary N) is 2. The molecule has 0 aromatic heterocycles. The highest BCUT2D eigenvalue weighted by Gasteiger charge is 2.44. The van der Waals surface area contributed by atoms with Gasteiger partial charge in [-0.2, -0.15) is 0 Å². The van der Waals surface area contributed by atoms with Crippen LogP contribution in [-0.2, 0) is 9.59 Å². The van der Waals surface area contributed by atoms with E-state index >= 15 is 0 Å². The minimum Gasteiger partial charge on any atom is -0.352 e. The van der Waals surface area contributed by atoms with Crippen LogP contribution in [-0.4, -0.2) is 41.9 Å². The van der Waals surface area contributed by atoms with Gasteiger partial charge in [0.25, 0.3) is 0 Å². The van der Waals surface area contributed by atoms with E-state index < -0.39 is 29.8 Å². The summed E-state index contributed by atoms with van der Waals surface area (Å²) in [6.07, 6.45) is 3.65. The van der Waals surface area contributed by atoms with Crippen LogP contribution in [0.3, 0.4) is 0 Å². The van der Waals surface area contributed by atoms with Crippen molar-refractivity contribution >= 4 is 23.9 Å². The third-order valence-corrected chi connectivity index (χ3v) is 3.80. The molecule has 20 heavy (non-hydrogen) atoms. The summed E-state index contributed by atoms with van der Waals surface area (Å²) in [5, 5.41) is 4.52. The molecule has 0 spiro atoms. The lowest BCUT2D eigenvalue weighted by Gasteiger charge is -2.32. The van der Waals surface area contributed by atoms with E-state index in [1.807, 2.05) is 0 Å². The molecule has 0 radical (unpaired) electrons. The zero-order valence-corrected chi connectivity index (χ0v) is 11.1. The maximum absolute atomic E-state index is 12.3. The molecule has 1 aliphatic carbocycles. The molecule has 8 heteroatoms. The van der Waals surface area contributed by atoms with E-state index in [1.165, 1.54) is 0 Å². The first-order valence-electron chi connectivity index (χ1n) is 6.70. The fourth-order valence-corrected chi connectivity index (χ4v) is 2.84. The first kappa shape index (κ1) is 14.3. The van der Waals surface area contributed by atoms with E-state index in [-0.39, 0.29) is 19.0 Å². The molecule has 0 aromatic carbocycles. The highest BCUT2D eigenvalue weighted by atomic mass is 16.2. The third kappa shape index (κ3) is 2.89. The smallest absolute Gasteiger partial charge is 0.330 e. The summed E-state index contributed by atoms with van der Waals surface area (Å²) in [7, 11) is 0. The summed E-state index contributed by atoms with van der Waals surface area (Å²) in [6.45, 7) is 0.0736. The van der Waals surface area contributed by atoms with Crippen LogP contribution >= 0.6 is 0 Å². The molecule has 1 heterocycles. The number of rotatable bonds is 4. The lowest BCUT2D eigenvalue weighted by Crippen LogP contribution is -2.60. The molecule has 0 bridgehead atoms. The number of amides is 6. The van der Waals surface area contributed by atoms with Crippen molar-refractivity contribution in [3.8, 4) is 0 Å². The summed E-state index contributed by atoms with van der Waals surface area (Å²) in [6, 6.07) is -1.46. The fraction of sp³-hybridized carbons (Fsp3) is 0.667. The van der Waals surface area contributed by atoms with Gasteiger partial charge in [0.05, 0.1) is 0 Å². The van der Waals surface area contributed by atoms with Gasteiger partial charge in [0.1, 0.15) is 5.92 Å². The molecule has 1 aliphatic heterocycles. The van der Waals surface area contributed by atoms with Crippen molar-refractivity contribution in [2.45, 2.75) is 25.7 Å². The molecule has 0 aromatic rings. The Kier molecular flexibility index (Phi) is 4.21. The number of barbiturate groups is 1. The number of hydrogen-bond donors (Lipinski definition) is 3. The molecule has 2 fully saturated rings. The first-order valence-corrected chi connectivity index (χ1v) is 6.70. The van der Waals surface area contributed by atoms with E-state index in [2.05, 4.69) is 10.6 Å². The fourth-order valence-electron chi connectivity index (χ4n) is 2.84. The quantitative estimate of drug-likeness (QED) is 0.604. The Hall–Kier alpha value is -2.12. The standard InChI is InChI=1S/C12H18N4O4/c13-11(19)14-5-6-16-10(18)8(7-3-1-2-4-7)9(17)15-12(16)20/h7-8H,1-6H2,(H3,13,14,19)(H,15,17,20). The van der Waals surface area contributed by atoms with Crippen LogP contribution in [0.15, 0.2) is 0 Å². The van der Waals surface area contributed by atoms with E-state index in [0.29, 0.717) is 0 Å². The average molecular weight is 282 g/mol. The SMILES string of the molecule is NC(=O)NCCN1C(=O)NC(=O)C(C2CCCC2)C1=O. The zero-order valence-electron chi connectivity index (χ0n) is 11.1. The van der Waals surface area contributed by atoms with Gasteiger partial charge >= 0.3 is 12.1 Å². The number of urea groups is 2. The summed E-state index contributed by atoms with van der Waals surface area (Å²) in [5.74, 6) is -1.77. The Morgan fingerprint density at radius 1 is 1.30 bits per heavy atom. The predicted molar refractivity (Wildman–Crippen MR) is 68.3 cm³/mol. The van der Waals surface area contributed by atoms with Crippen molar-refractivity contribution in [1.82, 2.24) is 15.5 Å². The number of primary amides is 1. The second-order valence-corrected chi connectivity index (χ2v) is 5.10. The number of carbonyl (C=O) groups is 4. The Morgan fingerprint density at radius 3 is 2.55 bits per heavy atom. The minimum absolute atomic E-state index is 0.00204. The van der Waals surface area contributed by atoms with Crippen molar-refractivity contribution in [3.05, 3.63) is 0 Å². The third-order valence-electron chi connectivity index (χ3n) is 3.80. The van der Waals surface area contributed by atoms with Crippen LogP contribution in [0.4, 0.5) is 9.59 Å². The minimum atomic E-state index is -0.788. The van der Waals surface area contributed by atoms with Gasteiger partial charge in [-0.15, -0.1) is 0 Å². The monoisotopic (exact) mass is 282 g/mol. The van der Waals surface area contributed by atoms with Gasteiger partial charge in [-0.3, -0.25) is 19.8 Å². The Bertz CT molecular complexity index is 445. The Morgan fingerprint density at radius 2 is 1.95 bits per heavy atom. The molecule has 2 rings (SSSR count). The zero-order chi connectivity index (χ0) is 14.7. The van der Waals surface area contributed by atoms with Gasteiger partial charge < -0.3 is 11.1 Å². The Labute approximate surface area is 116 Å². The van der Waals surface area contributed by atoms with Crippen LogP contribution in [0, 0.1) is 11.8 Å². The topological polar surface area (TPSA) is 122 Å². The van der Waals surface area contributed by atoms with E-state index in [9.17, 15) is 19.2 Å². The van der Waals surface area contributed by atoms with E-state index in [0.717, 1.165) is 30.6 Å². The second-order valence-electron chi connectivity index (χ2n) is 5.10. The van der Waals surface area contributed by atoms with Crippen LogP contribution in [0.25, 0.3) is 0 Å². The maximum Gasteiger partial charge on any atom is 0.330 e. The van der Waals surface area contributed by atoms with E-state index in [4.69, 9.17) is 5.73 Å². The van der Waals surface area contributed by atoms with Crippen LogP contribution in [0.1, 0.15) is 25.7 Å². The summed E-state index contributed by atoms with van der Waals surface area (Å²) in [5.41, 5.74) is 4.92. The maximum atomic E-state index is 12.3. The number of carbonyl (C=O) groups excluding carboxylic acids is 4. The summed E-state index contributed by atoms with van der Waals surface area (Å²) < 4.78 is 0. The number of nitrogens with two attached hydrogens (primary N) is 1. The van der Waals surface area contributed by atoms with E-state index in [1.54, 1.807) is 0 Å². The predicted octanol–water partition coefficient (Wildman–Crippen LogP) is -0.461. The summed E-state index contributed by atoms with van der Waals surface area (Å²) >= 11 is 0. The molecular formula is C12H18N4O4. The number of imide groups is 2. The van der Waals surface area contributed by atoms with Crippen LogP contribution in [0.5, 0.6) is 0 Å². The molecule has 4 N–H and O–H groups in total. The molecule has 6 amide bonds. The van der Waals surface area contributed by atoms with Gasteiger partial charge in [-0.05, 0) is 18.8 Å². The first-order chi connectivity index (χ1) is 9.50. The Balaban J connectivity index is 2.03. The molecule has 8 nitrogen and oxygen atoms in total. The van der Waals surface area contributed by atoms with Crippen LogP contribution in [0.2, 0.25) is 0 Å². The molecule has 1 saturated heterocycles. The van der Waals surface area contributed by atoms with Gasteiger partial charge in [-0.25, -0.2) is 9.59 Å². The van der Waals surface area contributed by atoms with Crippen molar-refractivity contribution in [2.24, 2.45) is 17.6 Å². The summed E-state index contributed by atoms with van der Waals surface area (Å²) in [4.78, 5) is 47.4. The largest absolute Gasteiger partial charge is 0.352 e.